The molecule has 0 amide bonds. The van der Waals surface area contributed by atoms with Crippen molar-refractivity contribution in [2.75, 3.05) is 5.32 Å². The van der Waals surface area contributed by atoms with Crippen molar-refractivity contribution in [3.8, 4) is 18.0 Å². The molecule has 1 N–H and O–H groups in total. The average molecular weight is 341 g/mol. The Balaban J connectivity index is 1.82. The lowest BCUT2D eigenvalue weighted by atomic mass is 10.2. The highest BCUT2D eigenvalue weighted by Gasteiger charge is 2.08. The summed E-state index contributed by atoms with van der Waals surface area (Å²) in [4.78, 5) is 20.9. The van der Waals surface area contributed by atoms with Gasteiger partial charge in [-0.15, -0.1) is 6.42 Å². The topological polar surface area (TPSA) is 64.7 Å². The minimum Gasteiger partial charge on any atom is -0.340 e. The van der Waals surface area contributed by atoms with Gasteiger partial charge in [0.25, 0.3) is 0 Å². The van der Waals surface area contributed by atoms with Crippen LogP contribution in [0.4, 0.5) is 11.5 Å². The van der Waals surface area contributed by atoms with Crippen molar-refractivity contribution in [2.45, 2.75) is 0 Å². The van der Waals surface area contributed by atoms with Gasteiger partial charge in [0.1, 0.15) is 12.1 Å². The third-order valence-corrected chi connectivity index (χ3v) is 4.14. The first-order chi connectivity index (χ1) is 12.7. The van der Waals surface area contributed by atoms with Crippen LogP contribution in [0, 0.1) is 12.3 Å². The molecule has 0 saturated heterocycles. The fourth-order valence-corrected chi connectivity index (χ4v) is 2.78. The number of hydrogen-bond acceptors (Lipinski definition) is 4. The predicted octanol–water partition coefficient (Wildman–Crippen LogP) is 2.84. The van der Waals surface area contributed by atoms with Crippen molar-refractivity contribution in [1.82, 2.24) is 19.1 Å². The van der Waals surface area contributed by atoms with Gasteiger partial charge in [-0.1, -0.05) is 12.0 Å². The predicted molar refractivity (Wildman–Crippen MR) is 102 cm³/mol. The van der Waals surface area contributed by atoms with Crippen molar-refractivity contribution >= 4 is 22.4 Å². The zero-order chi connectivity index (χ0) is 18.1. The number of fused-ring (bicyclic) bond motifs is 1. The molecule has 0 bridgehead atoms. The van der Waals surface area contributed by atoms with Gasteiger partial charge in [-0.25, -0.2) is 14.8 Å². The Kier molecular flexibility index (Phi) is 3.75. The van der Waals surface area contributed by atoms with E-state index in [0.717, 1.165) is 27.8 Å². The van der Waals surface area contributed by atoms with Crippen molar-refractivity contribution < 1.29 is 0 Å². The van der Waals surface area contributed by atoms with E-state index in [4.69, 9.17) is 6.42 Å². The first kappa shape index (κ1) is 15.7. The smallest absolute Gasteiger partial charge is 0.332 e. The van der Waals surface area contributed by atoms with Gasteiger partial charge < -0.3 is 9.88 Å². The SMILES string of the molecule is C#Cc1cccc(Nc2ncnc3ccc(-n4ccn(C)c4=O)cc23)c1. The van der Waals surface area contributed by atoms with Crippen LogP contribution >= 0.6 is 0 Å². The summed E-state index contributed by atoms with van der Waals surface area (Å²) in [5.74, 6) is 3.26. The number of aromatic nitrogens is 4. The van der Waals surface area contributed by atoms with Crippen LogP contribution in [0.3, 0.4) is 0 Å². The van der Waals surface area contributed by atoms with E-state index in [0.29, 0.717) is 5.82 Å². The number of rotatable bonds is 3. The molecule has 0 spiro atoms. The molecular formula is C20H15N5O. The maximum absolute atomic E-state index is 12.2. The summed E-state index contributed by atoms with van der Waals surface area (Å²) >= 11 is 0. The van der Waals surface area contributed by atoms with E-state index in [2.05, 4.69) is 21.2 Å². The van der Waals surface area contributed by atoms with Crippen molar-refractivity contribution in [3.63, 3.8) is 0 Å². The van der Waals surface area contributed by atoms with Crippen LogP contribution in [0.5, 0.6) is 0 Å². The molecule has 0 unspecified atom stereocenters. The Bertz CT molecular complexity index is 1210. The van der Waals surface area contributed by atoms with Gasteiger partial charge in [0, 0.05) is 36.1 Å². The molecule has 2 aromatic carbocycles. The normalized spacial score (nSPS) is 10.6. The van der Waals surface area contributed by atoms with Crippen LogP contribution < -0.4 is 11.0 Å². The monoisotopic (exact) mass is 341 g/mol. The molecule has 0 aliphatic rings. The quantitative estimate of drug-likeness (QED) is 0.582. The van der Waals surface area contributed by atoms with Gasteiger partial charge in [0.05, 0.1) is 11.2 Å². The van der Waals surface area contributed by atoms with Gasteiger partial charge in [0.15, 0.2) is 0 Å². The van der Waals surface area contributed by atoms with E-state index in [1.54, 1.807) is 24.0 Å². The zero-order valence-electron chi connectivity index (χ0n) is 14.0. The number of terminal acetylenes is 1. The van der Waals surface area contributed by atoms with Crippen molar-refractivity contribution in [2.24, 2.45) is 7.05 Å². The number of nitrogens with zero attached hydrogens (tertiary/aromatic N) is 4. The Labute approximate surface area is 149 Å². The summed E-state index contributed by atoms with van der Waals surface area (Å²) in [5, 5.41) is 4.09. The number of nitrogens with one attached hydrogen (secondary N) is 1. The number of hydrogen-bond donors (Lipinski definition) is 1. The summed E-state index contributed by atoms with van der Waals surface area (Å²) < 4.78 is 3.10. The van der Waals surface area contributed by atoms with Crippen LogP contribution in [-0.2, 0) is 7.05 Å². The van der Waals surface area contributed by atoms with Gasteiger partial charge in [0.2, 0.25) is 0 Å². The highest BCUT2D eigenvalue weighted by molar-refractivity contribution is 5.92. The molecule has 26 heavy (non-hydrogen) atoms. The van der Waals surface area contributed by atoms with Gasteiger partial charge in [-0.05, 0) is 36.4 Å². The van der Waals surface area contributed by atoms with Gasteiger partial charge >= 0.3 is 5.69 Å². The van der Waals surface area contributed by atoms with Gasteiger partial charge in [-0.3, -0.25) is 4.57 Å². The lowest BCUT2D eigenvalue weighted by molar-refractivity contribution is 0.824. The molecule has 0 radical (unpaired) electrons. The van der Waals surface area contributed by atoms with E-state index in [-0.39, 0.29) is 5.69 Å². The molecule has 126 valence electrons. The zero-order valence-corrected chi connectivity index (χ0v) is 14.0. The molecule has 6 nitrogen and oxygen atoms in total. The average Bonchev–Trinajstić information content (AvgIpc) is 3.01. The van der Waals surface area contributed by atoms with Crippen LogP contribution in [-0.4, -0.2) is 19.1 Å². The summed E-state index contributed by atoms with van der Waals surface area (Å²) in [6.07, 6.45) is 10.4. The molecule has 0 aliphatic carbocycles. The van der Waals surface area contributed by atoms with Crippen molar-refractivity contribution in [1.29, 1.82) is 0 Å². The van der Waals surface area contributed by atoms with Crippen LogP contribution in [0.1, 0.15) is 5.56 Å². The summed E-state index contributed by atoms with van der Waals surface area (Å²) in [6, 6.07) is 13.2. The summed E-state index contributed by atoms with van der Waals surface area (Å²) in [5.41, 5.74) is 3.03. The molecule has 4 rings (SSSR count). The molecule has 0 atom stereocenters. The van der Waals surface area contributed by atoms with E-state index in [9.17, 15) is 4.79 Å². The maximum atomic E-state index is 12.2. The molecule has 4 aromatic rings. The Hall–Kier alpha value is -3.85. The molecule has 0 saturated carbocycles. The second-order valence-electron chi connectivity index (χ2n) is 5.84. The second-order valence-corrected chi connectivity index (χ2v) is 5.84. The van der Waals surface area contributed by atoms with E-state index >= 15 is 0 Å². The molecule has 0 fully saturated rings. The molecule has 0 aliphatic heterocycles. The minimum atomic E-state index is -0.113. The summed E-state index contributed by atoms with van der Waals surface area (Å²) in [7, 11) is 1.72. The molecular weight excluding hydrogens is 326 g/mol. The van der Waals surface area contributed by atoms with Crippen LogP contribution in [0.15, 0.2) is 66.0 Å². The van der Waals surface area contributed by atoms with E-state index < -0.39 is 0 Å². The third kappa shape index (κ3) is 2.72. The summed E-state index contributed by atoms with van der Waals surface area (Å²) in [6.45, 7) is 0. The Morgan fingerprint density at radius 2 is 2.00 bits per heavy atom. The fraction of sp³-hybridized carbons (Fsp3) is 0.0500. The molecule has 2 aromatic heterocycles. The number of aryl methyl sites for hydroxylation is 1. The second kappa shape index (κ2) is 6.22. The Morgan fingerprint density at radius 1 is 1.12 bits per heavy atom. The van der Waals surface area contributed by atoms with E-state index in [1.165, 1.54) is 10.9 Å². The number of benzene rings is 2. The van der Waals surface area contributed by atoms with Crippen molar-refractivity contribution in [3.05, 3.63) is 77.2 Å². The lowest BCUT2D eigenvalue weighted by Crippen LogP contribution is -2.20. The first-order valence-electron chi connectivity index (χ1n) is 7.98. The van der Waals surface area contributed by atoms with Crippen LogP contribution in [0.2, 0.25) is 0 Å². The Morgan fingerprint density at radius 3 is 2.77 bits per heavy atom. The number of imidazole rings is 1. The molecule has 6 heteroatoms. The maximum Gasteiger partial charge on any atom is 0.332 e. The first-order valence-corrected chi connectivity index (χ1v) is 7.98. The van der Waals surface area contributed by atoms with Gasteiger partial charge in [-0.2, -0.15) is 0 Å². The van der Waals surface area contributed by atoms with Crippen LogP contribution in [0.25, 0.3) is 16.6 Å². The highest BCUT2D eigenvalue weighted by atomic mass is 16.1. The third-order valence-electron chi connectivity index (χ3n) is 4.14. The minimum absolute atomic E-state index is 0.113. The number of anilines is 2. The fourth-order valence-electron chi connectivity index (χ4n) is 2.78. The molecule has 2 heterocycles. The standard InChI is InChI=1S/C20H15N5O/c1-3-14-5-4-6-15(11-14)23-19-17-12-16(7-8-18(17)21-13-22-19)25-10-9-24(2)20(25)26/h1,4-13H,2H3,(H,21,22,23). The lowest BCUT2D eigenvalue weighted by Gasteiger charge is -2.10. The highest BCUT2D eigenvalue weighted by Crippen LogP contribution is 2.25. The van der Waals surface area contributed by atoms with E-state index in [1.807, 2.05) is 42.5 Å². The largest absolute Gasteiger partial charge is 0.340 e.